The highest BCUT2D eigenvalue weighted by atomic mass is 16.5. The smallest absolute Gasteiger partial charge is 0.126 e. The molecule has 0 fully saturated rings. The minimum Gasteiger partial charge on any atom is -0.496 e. The molecule has 0 heterocycles. The molecular weight excluding hydrogens is 224 g/mol. The number of methoxy groups -OCH3 is 1. The minimum absolute atomic E-state index is 0.280. The molecule has 0 aliphatic rings. The fourth-order valence-corrected chi connectivity index (χ4v) is 2.67. The van der Waals surface area contributed by atoms with Gasteiger partial charge < -0.3 is 15.8 Å². The van der Waals surface area contributed by atoms with E-state index >= 15 is 0 Å². The maximum Gasteiger partial charge on any atom is 0.126 e. The van der Waals surface area contributed by atoms with Crippen molar-refractivity contribution in [2.24, 2.45) is 11.7 Å². The van der Waals surface area contributed by atoms with Gasteiger partial charge in [-0.2, -0.15) is 0 Å². The summed E-state index contributed by atoms with van der Waals surface area (Å²) in [6.07, 6.45) is 1.00. The molecule has 2 atom stereocenters. The summed E-state index contributed by atoms with van der Waals surface area (Å²) >= 11 is 0. The van der Waals surface area contributed by atoms with E-state index in [0.717, 1.165) is 12.2 Å². The summed E-state index contributed by atoms with van der Waals surface area (Å²) in [5.41, 5.74) is 9.36. The Morgan fingerprint density at radius 2 is 2.00 bits per heavy atom. The fraction of sp³-hybridized carbons (Fsp3) is 0.600. The number of benzene rings is 1. The zero-order valence-corrected chi connectivity index (χ0v) is 12.2. The number of ether oxygens (including phenoxy) is 1. The van der Waals surface area contributed by atoms with Crippen molar-refractivity contribution in [2.75, 3.05) is 20.7 Å². The largest absolute Gasteiger partial charge is 0.496 e. The third-order valence-electron chi connectivity index (χ3n) is 3.49. The van der Waals surface area contributed by atoms with Gasteiger partial charge >= 0.3 is 0 Å². The van der Waals surface area contributed by atoms with Gasteiger partial charge in [0.2, 0.25) is 0 Å². The van der Waals surface area contributed by atoms with Gasteiger partial charge in [-0.15, -0.1) is 0 Å². The molecule has 102 valence electrons. The highest BCUT2D eigenvalue weighted by Gasteiger charge is 2.21. The average molecular weight is 250 g/mol. The van der Waals surface area contributed by atoms with E-state index in [9.17, 15) is 0 Å². The molecule has 0 spiro atoms. The second-order valence-corrected chi connectivity index (χ2v) is 5.03. The van der Waals surface area contributed by atoms with Gasteiger partial charge in [0.1, 0.15) is 5.75 Å². The van der Waals surface area contributed by atoms with Crippen molar-refractivity contribution >= 4 is 0 Å². The van der Waals surface area contributed by atoms with E-state index in [0.29, 0.717) is 12.5 Å². The van der Waals surface area contributed by atoms with E-state index < -0.39 is 0 Å². The summed E-state index contributed by atoms with van der Waals surface area (Å²) in [6.45, 7) is 7.16. The summed E-state index contributed by atoms with van der Waals surface area (Å²) in [5.74, 6) is 1.47. The van der Waals surface area contributed by atoms with Crippen molar-refractivity contribution in [1.82, 2.24) is 5.32 Å². The zero-order valence-electron chi connectivity index (χ0n) is 12.2. The van der Waals surface area contributed by atoms with Gasteiger partial charge in [-0.3, -0.25) is 0 Å². The Hall–Kier alpha value is -1.06. The van der Waals surface area contributed by atoms with E-state index in [1.165, 1.54) is 16.7 Å². The van der Waals surface area contributed by atoms with Crippen LogP contribution >= 0.6 is 0 Å². The highest BCUT2D eigenvalue weighted by Crippen LogP contribution is 2.34. The minimum atomic E-state index is 0.280. The Kier molecular flexibility index (Phi) is 5.63. The van der Waals surface area contributed by atoms with Crippen LogP contribution in [0.15, 0.2) is 12.1 Å². The molecule has 0 bridgehead atoms. The van der Waals surface area contributed by atoms with E-state index in [2.05, 4.69) is 38.2 Å². The lowest BCUT2D eigenvalue weighted by atomic mass is 9.89. The molecule has 1 aromatic carbocycles. The van der Waals surface area contributed by atoms with Crippen molar-refractivity contribution in [1.29, 1.82) is 0 Å². The molecule has 18 heavy (non-hydrogen) atoms. The number of aryl methyl sites for hydroxylation is 2. The van der Waals surface area contributed by atoms with Crippen LogP contribution in [0, 0.1) is 19.8 Å². The first-order valence-corrected chi connectivity index (χ1v) is 6.57. The lowest BCUT2D eigenvalue weighted by Gasteiger charge is -2.26. The van der Waals surface area contributed by atoms with Gasteiger partial charge in [0.05, 0.1) is 7.11 Å². The first-order chi connectivity index (χ1) is 8.54. The van der Waals surface area contributed by atoms with Crippen LogP contribution in [0.3, 0.4) is 0 Å². The Bertz CT molecular complexity index is 390. The second kappa shape index (κ2) is 6.76. The Balaban J connectivity index is 3.19. The molecule has 0 aliphatic carbocycles. The molecule has 0 amide bonds. The molecule has 0 aromatic heterocycles. The van der Waals surface area contributed by atoms with Crippen LogP contribution in [-0.4, -0.2) is 20.7 Å². The number of nitrogens with two attached hydrogens (primary N) is 1. The summed E-state index contributed by atoms with van der Waals surface area (Å²) in [4.78, 5) is 0. The molecule has 1 rings (SSSR count). The summed E-state index contributed by atoms with van der Waals surface area (Å²) in [7, 11) is 3.73. The van der Waals surface area contributed by atoms with Gasteiger partial charge in [0.25, 0.3) is 0 Å². The average Bonchev–Trinajstić information content (AvgIpc) is 2.29. The van der Waals surface area contributed by atoms with Crippen LogP contribution in [0.5, 0.6) is 5.75 Å². The van der Waals surface area contributed by atoms with Gasteiger partial charge in [-0.25, -0.2) is 0 Å². The molecule has 3 nitrogen and oxygen atoms in total. The lowest BCUT2D eigenvalue weighted by Crippen LogP contribution is -2.26. The molecule has 0 radical (unpaired) electrons. The Labute approximate surface area is 111 Å². The second-order valence-electron chi connectivity index (χ2n) is 5.03. The third-order valence-corrected chi connectivity index (χ3v) is 3.49. The normalized spacial score (nSPS) is 14.3. The Morgan fingerprint density at radius 3 is 2.50 bits per heavy atom. The van der Waals surface area contributed by atoms with Gasteiger partial charge in [0.15, 0.2) is 0 Å². The molecular formula is C15H26N2O. The first-order valence-electron chi connectivity index (χ1n) is 6.57. The SMILES string of the molecule is CNC(c1cc(C)cc(C)c1OC)C(C)CCN. The molecule has 1 aromatic rings. The van der Waals surface area contributed by atoms with Crippen molar-refractivity contribution in [3.05, 3.63) is 28.8 Å². The third kappa shape index (κ3) is 3.24. The van der Waals surface area contributed by atoms with Crippen LogP contribution in [0.25, 0.3) is 0 Å². The van der Waals surface area contributed by atoms with Gasteiger partial charge in [-0.1, -0.05) is 24.6 Å². The van der Waals surface area contributed by atoms with Crippen LogP contribution in [0.4, 0.5) is 0 Å². The van der Waals surface area contributed by atoms with Crippen molar-refractivity contribution in [2.45, 2.75) is 33.2 Å². The molecule has 2 unspecified atom stereocenters. The summed E-state index contributed by atoms with van der Waals surface area (Å²) in [5, 5.41) is 3.40. The molecule has 3 heteroatoms. The predicted octanol–water partition coefficient (Wildman–Crippen LogP) is 2.56. The number of hydrogen-bond acceptors (Lipinski definition) is 3. The van der Waals surface area contributed by atoms with E-state index in [4.69, 9.17) is 10.5 Å². The topological polar surface area (TPSA) is 47.3 Å². The van der Waals surface area contributed by atoms with E-state index in [-0.39, 0.29) is 6.04 Å². The zero-order chi connectivity index (χ0) is 13.7. The van der Waals surface area contributed by atoms with Crippen LogP contribution in [0.2, 0.25) is 0 Å². The van der Waals surface area contributed by atoms with Crippen molar-refractivity contribution in [3.8, 4) is 5.75 Å². The fourth-order valence-electron chi connectivity index (χ4n) is 2.67. The van der Waals surface area contributed by atoms with E-state index in [1.54, 1.807) is 7.11 Å². The monoisotopic (exact) mass is 250 g/mol. The number of nitrogens with one attached hydrogen (secondary N) is 1. The lowest BCUT2D eigenvalue weighted by molar-refractivity contribution is 0.359. The van der Waals surface area contributed by atoms with Crippen LogP contribution in [-0.2, 0) is 0 Å². The quantitative estimate of drug-likeness (QED) is 0.815. The van der Waals surface area contributed by atoms with Gasteiger partial charge in [-0.05, 0) is 45.3 Å². The molecule has 3 N–H and O–H groups in total. The molecule has 0 aliphatic heterocycles. The number of hydrogen-bond donors (Lipinski definition) is 2. The number of rotatable bonds is 6. The highest BCUT2D eigenvalue weighted by molar-refractivity contribution is 5.45. The maximum absolute atomic E-state index is 5.67. The summed E-state index contributed by atoms with van der Waals surface area (Å²) < 4.78 is 5.57. The van der Waals surface area contributed by atoms with Crippen molar-refractivity contribution in [3.63, 3.8) is 0 Å². The summed E-state index contributed by atoms with van der Waals surface area (Å²) in [6, 6.07) is 4.64. The first kappa shape index (κ1) is 15.0. The van der Waals surface area contributed by atoms with Crippen molar-refractivity contribution < 1.29 is 4.74 Å². The van der Waals surface area contributed by atoms with Crippen LogP contribution < -0.4 is 15.8 Å². The predicted molar refractivity (Wildman–Crippen MR) is 77.1 cm³/mol. The van der Waals surface area contributed by atoms with Crippen LogP contribution in [0.1, 0.15) is 36.1 Å². The molecule has 0 saturated carbocycles. The standard InChI is InChI=1S/C15H26N2O/c1-10-8-12(3)15(18-5)13(9-10)14(17-4)11(2)6-7-16/h8-9,11,14,17H,6-7,16H2,1-5H3. The van der Waals surface area contributed by atoms with Gasteiger partial charge in [0, 0.05) is 11.6 Å². The maximum atomic E-state index is 5.67. The molecule has 0 saturated heterocycles. The Morgan fingerprint density at radius 1 is 1.33 bits per heavy atom. The van der Waals surface area contributed by atoms with E-state index in [1.807, 2.05) is 7.05 Å².